The molecule has 0 bridgehead atoms. The lowest BCUT2D eigenvalue weighted by molar-refractivity contribution is -0.0972. The molecule has 2 atom stereocenters. The van der Waals surface area contributed by atoms with E-state index in [1.807, 2.05) is 6.92 Å². The van der Waals surface area contributed by atoms with Gasteiger partial charge in [0.15, 0.2) is 0 Å². The molecular formula is C16H20FNO3. The van der Waals surface area contributed by atoms with Crippen molar-refractivity contribution in [1.82, 2.24) is 4.90 Å². The van der Waals surface area contributed by atoms with Crippen molar-refractivity contribution in [1.29, 1.82) is 0 Å². The molecule has 1 aromatic rings. The van der Waals surface area contributed by atoms with Crippen molar-refractivity contribution >= 4 is 0 Å². The van der Waals surface area contributed by atoms with Gasteiger partial charge in [-0.2, -0.15) is 0 Å². The molecule has 1 heterocycles. The number of aliphatic hydroxyl groups excluding tert-OH is 2. The minimum Gasteiger partial charge on any atom is -0.394 e. The van der Waals surface area contributed by atoms with Crippen LogP contribution in [0.4, 0.5) is 4.39 Å². The number of aliphatic hydroxyl groups is 2. The van der Waals surface area contributed by atoms with Crippen LogP contribution in [0.15, 0.2) is 18.2 Å². The van der Waals surface area contributed by atoms with Crippen LogP contribution in [0.3, 0.4) is 0 Å². The maximum atomic E-state index is 13.3. The summed E-state index contributed by atoms with van der Waals surface area (Å²) in [6.45, 7) is 3.69. The van der Waals surface area contributed by atoms with Gasteiger partial charge in [0.2, 0.25) is 0 Å². The largest absolute Gasteiger partial charge is 0.394 e. The van der Waals surface area contributed by atoms with Gasteiger partial charge in [0.05, 0.1) is 18.8 Å². The number of morpholine rings is 1. The van der Waals surface area contributed by atoms with Gasteiger partial charge < -0.3 is 14.9 Å². The van der Waals surface area contributed by atoms with Gasteiger partial charge in [-0.3, -0.25) is 4.90 Å². The summed E-state index contributed by atoms with van der Waals surface area (Å²) in [4.78, 5) is 2.16. The smallest absolute Gasteiger partial charge is 0.124 e. The van der Waals surface area contributed by atoms with Crippen molar-refractivity contribution in [3.05, 3.63) is 35.1 Å². The molecule has 1 aromatic carbocycles. The van der Waals surface area contributed by atoms with Gasteiger partial charge in [-0.15, -0.1) is 0 Å². The topological polar surface area (TPSA) is 52.9 Å². The number of nitrogens with zero attached hydrogens (tertiary/aromatic N) is 1. The number of hydrogen-bond donors (Lipinski definition) is 2. The van der Waals surface area contributed by atoms with Crippen LogP contribution >= 0.6 is 0 Å². The molecule has 0 aromatic heterocycles. The zero-order valence-electron chi connectivity index (χ0n) is 12.1. The van der Waals surface area contributed by atoms with Gasteiger partial charge in [-0.1, -0.05) is 17.9 Å². The fourth-order valence-corrected chi connectivity index (χ4v) is 2.55. The van der Waals surface area contributed by atoms with Gasteiger partial charge >= 0.3 is 0 Å². The molecule has 4 nitrogen and oxygen atoms in total. The third-order valence-electron chi connectivity index (χ3n) is 3.37. The fourth-order valence-electron chi connectivity index (χ4n) is 2.55. The Morgan fingerprint density at radius 1 is 1.38 bits per heavy atom. The molecule has 0 aliphatic carbocycles. The van der Waals surface area contributed by atoms with E-state index in [0.29, 0.717) is 18.7 Å². The minimum absolute atomic E-state index is 0.0125. The summed E-state index contributed by atoms with van der Waals surface area (Å²) < 4.78 is 18.9. The summed E-state index contributed by atoms with van der Waals surface area (Å²) in [7, 11) is 0. The Bertz CT molecular complexity index is 538. The van der Waals surface area contributed by atoms with Crippen LogP contribution in [0.5, 0.6) is 0 Å². The highest BCUT2D eigenvalue weighted by Gasteiger charge is 2.25. The molecule has 0 radical (unpaired) electrons. The lowest BCUT2D eigenvalue weighted by atomic mass is 10.1. The van der Waals surface area contributed by atoms with E-state index in [9.17, 15) is 9.50 Å². The van der Waals surface area contributed by atoms with Gasteiger partial charge in [-0.05, 0) is 24.6 Å². The van der Waals surface area contributed by atoms with E-state index in [2.05, 4.69) is 16.7 Å². The Hall–Kier alpha value is -1.45. The van der Waals surface area contributed by atoms with Crippen LogP contribution in [0.1, 0.15) is 18.1 Å². The Kier molecular flexibility index (Phi) is 5.71. The Morgan fingerprint density at radius 3 is 2.90 bits per heavy atom. The predicted molar refractivity (Wildman–Crippen MR) is 77.1 cm³/mol. The summed E-state index contributed by atoms with van der Waals surface area (Å²) >= 11 is 0. The molecule has 1 fully saturated rings. The molecule has 114 valence electrons. The first-order valence-corrected chi connectivity index (χ1v) is 6.99. The van der Waals surface area contributed by atoms with E-state index in [1.165, 1.54) is 12.1 Å². The van der Waals surface area contributed by atoms with Crippen molar-refractivity contribution < 1.29 is 19.3 Å². The van der Waals surface area contributed by atoms with Crippen molar-refractivity contribution in [3.63, 3.8) is 0 Å². The van der Waals surface area contributed by atoms with Gasteiger partial charge in [-0.25, -0.2) is 4.39 Å². The van der Waals surface area contributed by atoms with E-state index >= 15 is 0 Å². The number of hydrogen-bond acceptors (Lipinski definition) is 4. The Labute approximate surface area is 124 Å². The Balaban J connectivity index is 2.14. The molecule has 5 heteroatoms. The van der Waals surface area contributed by atoms with Crippen LogP contribution in [0.2, 0.25) is 0 Å². The van der Waals surface area contributed by atoms with Crippen LogP contribution in [0.25, 0.3) is 0 Å². The number of halogens is 1. The van der Waals surface area contributed by atoms with E-state index in [1.54, 1.807) is 6.07 Å². The first-order valence-electron chi connectivity index (χ1n) is 6.99. The third kappa shape index (κ3) is 4.51. The summed E-state index contributed by atoms with van der Waals surface area (Å²) in [5, 5.41) is 18.0. The maximum Gasteiger partial charge on any atom is 0.124 e. The molecule has 0 spiro atoms. The minimum atomic E-state index is -0.343. The highest BCUT2D eigenvalue weighted by molar-refractivity contribution is 5.41. The van der Waals surface area contributed by atoms with Crippen LogP contribution in [0, 0.1) is 17.7 Å². The summed E-state index contributed by atoms with van der Waals surface area (Å²) in [6, 6.07) is 4.50. The quantitative estimate of drug-likeness (QED) is 0.808. The highest BCUT2D eigenvalue weighted by atomic mass is 19.1. The van der Waals surface area contributed by atoms with Crippen LogP contribution < -0.4 is 0 Å². The van der Waals surface area contributed by atoms with Crippen molar-refractivity contribution in [2.75, 3.05) is 26.3 Å². The molecule has 2 unspecified atom stereocenters. The zero-order valence-corrected chi connectivity index (χ0v) is 12.1. The molecule has 0 amide bonds. The van der Waals surface area contributed by atoms with Crippen molar-refractivity contribution in [2.45, 2.75) is 25.7 Å². The zero-order chi connectivity index (χ0) is 15.2. The van der Waals surface area contributed by atoms with Crippen LogP contribution in [-0.2, 0) is 11.3 Å². The van der Waals surface area contributed by atoms with E-state index in [4.69, 9.17) is 9.84 Å². The lowest BCUT2D eigenvalue weighted by Crippen LogP contribution is -2.47. The molecule has 1 saturated heterocycles. The Morgan fingerprint density at radius 2 is 2.19 bits per heavy atom. The molecule has 0 saturated carbocycles. The first kappa shape index (κ1) is 15.9. The fraction of sp³-hybridized carbons (Fsp3) is 0.500. The molecule has 1 aliphatic rings. The third-order valence-corrected chi connectivity index (χ3v) is 3.37. The highest BCUT2D eigenvalue weighted by Crippen LogP contribution is 2.17. The lowest BCUT2D eigenvalue weighted by Gasteiger charge is -2.36. The molecular weight excluding hydrogens is 273 g/mol. The summed E-state index contributed by atoms with van der Waals surface area (Å²) in [5.41, 5.74) is 1.49. The molecule has 1 aliphatic heterocycles. The monoisotopic (exact) mass is 293 g/mol. The molecule has 2 rings (SSSR count). The summed E-state index contributed by atoms with van der Waals surface area (Å²) in [6.07, 6.45) is -0.149. The van der Waals surface area contributed by atoms with Gasteiger partial charge in [0, 0.05) is 25.2 Å². The van der Waals surface area contributed by atoms with Crippen molar-refractivity contribution in [3.8, 4) is 11.8 Å². The second-order valence-corrected chi connectivity index (χ2v) is 5.21. The van der Waals surface area contributed by atoms with E-state index in [0.717, 1.165) is 12.1 Å². The predicted octanol–water partition coefficient (Wildman–Crippen LogP) is 0.751. The maximum absolute atomic E-state index is 13.3. The number of ether oxygens (including phenoxy) is 1. The second kappa shape index (κ2) is 7.53. The molecule has 21 heavy (non-hydrogen) atoms. The standard InChI is InChI=1S/C16H20FNO3/c1-12-8-18(10-16(11-20)21-12)9-14-4-5-15(17)7-13(14)3-2-6-19/h4-5,7,12,16,19-20H,6,8-11H2,1H3. The molecule has 2 N–H and O–H groups in total. The SMILES string of the molecule is CC1CN(Cc2ccc(F)cc2C#CCO)CC(CO)O1. The van der Waals surface area contributed by atoms with Gasteiger partial charge in [0.1, 0.15) is 12.4 Å². The van der Waals surface area contributed by atoms with Crippen LogP contribution in [-0.4, -0.2) is 53.6 Å². The second-order valence-electron chi connectivity index (χ2n) is 5.21. The average Bonchev–Trinajstić information content (AvgIpc) is 2.46. The van der Waals surface area contributed by atoms with E-state index in [-0.39, 0.29) is 31.2 Å². The normalized spacial score (nSPS) is 22.7. The first-order chi connectivity index (χ1) is 10.1. The van der Waals surface area contributed by atoms with Crippen molar-refractivity contribution in [2.24, 2.45) is 0 Å². The summed E-state index contributed by atoms with van der Waals surface area (Å²) in [5.74, 6) is 4.99. The van der Waals surface area contributed by atoms with Gasteiger partial charge in [0.25, 0.3) is 0 Å². The average molecular weight is 293 g/mol. The number of rotatable bonds is 3. The number of benzene rings is 1. The van der Waals surface area contributed by atoms with E-state index < -0.39 is 0 Å².